The van der Waals surface area contributed by atoms with Gasteiger partial charge in [0.1, 0.15) is 0 Å². The van der Waals surface area contributed by atoms with E-state index in [-0.39, 0.29) is 0 Å². The van der Waals surface area contributed by atoms with Crippen molar-refractivity contribution in [2.45, 2.75) is 0 Å². The lowest BCUT2D eigenvalue weighted by Crippen LogP contribution is -1.95. The quantitative estimate of drug-likeness (QED) is 0.290. The van der Waals surface area contributed by atoms with E-state index in [2.05, 4.69) is 0 Å². The third kappa shape index (κ3) is 1.47. The van der Waals surface area contributed by atoms with Crippen LogP contribution in [0.15, 0.2) is 18.2 Å². The van der Waals surface area contributed by atoms with Crippen LogP contribution in [0, 0.1) is 5.41 Å². The summed E-state index contributed by atoms with van der Waals surface area (Å²) in [5.74, 6) is 0. The number of anilines is 2. The van der Waals surface area contributed by atoms with Crippen LogP contribution in [0.4, 0.5) is 11.4 Å². The van der Waals surface area contributed by atoms with Crippen molar-refractivity contribution < 1.29 is 5.21 Å². The van der Waals surface area contributed by atoms with Gasteiger partial charge in [-0.1, -0.05) is 0 Å². The lowest BCUT2D eigenvalue weighted by Gasteiger charge is -2.01. The third-order valence-electron chi connectivity index (χ3n) is 1.37. The standard InChI is InChI=1S/C7H9N3O/c8-4-5-1-2-6(10-11)3-7(5)9/h1-4,8,10-11H,9H2. The van der Waals surface area contributed by atoms with Crippen molar-refractivity contribution in [3.05, 3.63) is 23.8 Å². The van der Waals surface area contributed by atoms with Crippen LogP contribution in [-0.4, -0.2) is 11.4 Å². The van der Waals surface area contributed by atoms with Crippen molar-refractivity contribution in [1.29, 1.82) is 5.41 Å². The Balaban J connectivity index is 3.09. The Kier molecular flexibility index (Phi) is 2.08. The summed E-state index contributed by atoms with van der Waals surface area (Å²) in [5.41, 5.74) is 9.10. The van der Waals surface area contributed by atoms with E-state index in [4.69, 9.17) is 16.4 Å². The Morgan fingerprint density at radius 3 is 2.73 bits per heavy atom. The summed E-state index contributed by atoms with van der Waals surface area (Å²) < 4.78 is 0. The van der Waals surface area contributed by atoms with E-state index in [0.717, 1.165) is 6.21 Å². The second-order valence-electron chi connectivity index (χ2n) is 2.10. The first-order valence-electron chi connectivity index (χ1n) is 3.08. The molecule has 0 amide bonds. The molecule has 0 aliphatic heterocycles. The predicted octanol–water partition coefficient (Wildman–Crippen LogP) is 1.07. The molecule has 0 fully saturated rings. The fourth-order valence-electron chi connectivity index (χ4n) is 0.776. The molecule has 4 nitrogen and oxygen atoms in total. The van der Waals surface area contributed by atoms with Gasteiger partial charge >= 0.3 is 0 Å². The van der Waals surface area contributed by atoms with Crippen LogP contribution in [0.1, 0.15) is 5.56 Å². The van der Waals surface area contributed by atoms with E-state index in [1.165, 1.54) is 0 Å². The fourth-order valence-corrected chi connectivity index (χ4v) is 0.776. The van der Waals surface area contributed by atoms with Gasteiger partial charge in [0.05, 0.1) is 5.69 Å². The number of hydrogen-bond acceptors (Lipinski definition) is 4. The lowest BCUT2D eigenvalue weighted by molar-refractivity contribution is 0.389. The highest BCUT2D eigenvalue weighted by Gasteiger charge is 1.95. The Bertz CT molecular complexity index is 272. The van der Waals surface area contributed by atoms with Gasteiger partial charge in [0.25, 0.3) is 0 Å². The Hall–Kier alpha value is -1.55. The van der Waals surface area contributed by atoms with Gasteiger partial charge < -0.3 is 11.1 Å². The molecule has 1 aromatic rings. The average Bonchev–Trinajstić information content (AvgIpc) is 2.04. The summed E-state index contributed by atoms with van der Waals surface area (Å²) in [6, 6.07) is 4.85. The molecule has 0 aliphatic rings. The van der Waals surface area contributed by atoms with E-state index in [0.29, 0.717) is 16.9 Å². The van der Waals surface area contributed by atoms with E-state index in [9.17, 15) is 0 Å². The first kappa shape index (κ1) is 7.56. The summed E-state index contributed by atoms with van der Waals surface area (Å²) >= 11 is 0. The van der Waals surface area contributed by atoms with Gasteiger partial charge in [-0.2, -0.15) is 0 Å². The van der Waals surface area contributed by atoms with Crippen LogP contribution in [0.25, 0.3) is 0 Å². The molecule has 5 N–H and O–H groups in total. The third-order valence-corrected chi connectivity index (χ3v) is 1.37. The maximum atomic E-state index is 8.46. The summed E-state index contributed by atoms with van der Waals surface area (Å²) in [6.07, 6.45) is 1.16. The van der Waals surface area contributed by atoms with Gasteiger partial charge in [-0.05, 0) is 18.2 Å². The molecule has 0 saturated heterocycles. The van der Waals surface area contributed by atoms with Gasteiger partial charge in [-0.3, -0.25) is 10.7 Å². The molecular weight excluding hydrogens is 142 g/mol. The highest BCUT2D eigenvalue weighted by molar-refractivity contribution is 5.86. The first-order chi connectivity index (χ1) is 5.27. The van der Waals surface area contributed by atoms with Crippen LogP contribution in [0.2, 0.25) is 0 Å². The van der Waals surface area contributed by atoms with Crippen molar-refractivity contribution in [2.24, 2.45) is 0 Å². The van der Waals surface area contributed by atoms with Crippen molar-refractivity contribution in [2.75, 3.05) is 11.2 Å². The second kappa shape index (κ2) is 3.03. The molecule has 0 radical (unpaired) electrons. The number of nitrogen functional groups attached to an aromatic ring is 1. The SMILES string of the molecule is N=Cc1ccc(NO)cc1N. The van der Waals surface area contributed by atoms with Crippen molar-refractivity contribution in [1.82, 2.24) is 0 Å². The van der Waals surface area contributed by atoms with Crippen molar-refractivity contribution in [3.63, 3.8) is 0 Å². The fraction of sp³-hybridized carbons (Fsp3) is 0. The molecule has 4 heteroatoms. The molecule has 0 unspecified atom stereocenters. The van der Waals surface area contributed by atoms with Gasteiger partial charge in [0.2, 0.25) is 0 Å². The molecule has 1 rings (SSSR count). The summed E-state index contributed by atoms with van der Waals surface area (Å²) in [6.45, 7) is 0. The van der Waals surface area contributed by atoms with Crippen LogP contribution in [0.5, 0.6) is 0 Å². The van der Waals surface area contributed by atoms with Crippen LogP contribution >= 0.6 is 0 Å². The molecule has 0 spiro atoms. The molecule has 11 heavy (non-hydrogen) atoms. The predicted molar refractivity (Wildman–Crippen MR) is 44.1 cm³/mol. The number of hydrogen-bond donors (Lipinski definition) is 4. The smallest absolute Gasteiger partial charge is 0.0623 e. The average molecular weight is 151 g/mol. The topological polar surface area (TPSA) is 82.1 Å². The molecule has 0 bridgehead atoms. The number of nitrogens with one attached hydrogen (secondary N) is 2. The second-order valence-corrected chi connectivity index (χ2v) is 2.10. The van der Waals surface area contributed by atoms with Gasteiger partial charge in [0.15, 0.2) is 0 Å². The van der Waals surface area contributed by atoms with Gasteiger partial charge in [0, 0.05) is 17.5 Å². The number of rotatable bonds is 2. The highest BCUT2D eigenvalue weighted by atomic mass is 16.5. The largest absolute Gasteiger partial charge is 0.398 e. The van der Waals surface area contributed by atoms with Crippen molar-refractivity contribution in [3.8, 4) is 0 Å². The molecule has 0 atom stereocenters. The summed E-state index contributed by atoms with van der Waals surface area (Å²) in [4.78, 5) is 0. The summed E-state index contributed by atoms with van der Waals surface area (Å²) in [7, 11) is 0. The van der Waals surface area contributed by atoms with Gasteiger partial charge in [-0.25, -0.2) is 0 Å². The molecular formula is C7H9N3O. The van der Waals surface area contributed by atoms with E-state index in [1.54, 1.807) is 18.2 Å². The number of benzene rings is 1. The Labute approximate surface area is 64.1 Å². The lowest BCUT2D eigenvalue weighted by atomic mass is 10.2. The Morgan fingerprint density at radius 2 is 2.27 bits per heavy atom. The minimum atomic E-state index is 0.471. The summed E-state index contributed by atoms with van der Waals surface area (Å²) in [5, 5.41) is 15.4. The molecule has 58 valence electrons. The highest BCUT2D eigenvalue weighted by Crippen LogP contribution is 2.15. The Morgan fingerprint density at radius 1 is 1.55 bits per heavy atom. The monoisotopic (exact) mass is 151 g/mol. The zero-order valence-electron chi connectivity index (χ0n) is 5.83. The van der Waals surface area contributed by atoms with E-state index in [1.807, 2.05) is 5.48 Å². The van der Waals surface area contributed by atoms with Gasteiger partial charge in [-0.15, -0.1) is 0 Å². The maximum Gasteiger partial charge on any atom is 0.0623 e. The van der Waals surface area contributed by atoms with Crippen LogP contribution in [-0.2, 0) is 0 Å². The molecule has 0 heterocycles. The minimum Gasteiger partial charge on any atom is -0.398 e. The molecule has 0 saturated carbocycles. The molecule has 1 aromatic carbocycles. The first-order valence-corrected chi connectivity index (χ1v) is 3.08. The van der Waals surface area contributed by atoms with E-state index < -0.39 is 0 Å². The molecule has 0 aliphatic carbocycles. The van der Waals surface area contributed by atoms with Crippen molar-refractivity contribution >= 4 is 17.6 Å². The maximum absolute atomic E-state index is 8.46. The normalized spacial score (nSPS) is 9.18. The minimum absolute atomic E-state index is 0.471. The van der Waals surface area contributed by atoms with E-state index >= 15 is 0 Å². The zero-order valence-corrected chi connectivity index (χ0v) is 5.83. The zero-order chi connectivity index (χ0) is 8.27. The van der Waals surface area contributed by atoms with Crippen LogP contribution < -0.4 is 11.2 Å². The number of nitrogens with two attached hydrogens (primary N) is 1. The molecule has 0 aromatic heterocycles. The van der Waals surface area contributed by atoms with Crippen LogP contribution in [0.3, 0.4) is 0 Å².